The number of anilines is 1. The average Bonchev–Trinajstić information content (AvgIpc) is 3.10. The van der Waals surface area contributed by atoms with E-state index in [1.807, 2.05) is 0 Å². The third-order valence-electron chi connectivity index (χ3n) is 4.64. The Hall–Kier alpha value is -3.62. The Morgan fingerprint density at radius 3 is 2.85 bits per heavy atom. The van der Waals surface area contributed by atoms with Gasteiger partial charge in [0.15, 0.2) is 0 Å². The average molecular weight is 365 g/mol. The van der Waals surface area contributed by atoms with Crippen LogP contribution < -0.4 is 10.5 Å². The first-order valence-electron chi connectivity index (χ1n) is 8.45. The monoisotopic (exact) mass is 365 g/mol. The van der Waals surface area contributed by atoms with Crippen LogP contribution in [0.3, 0.4) is 0 Å². The molecule has 0 saturated carbocycles. The molecule has 0 fully saturated rings. The second-order valence-corrected chi connectivity index (χ2v) is 6.25. The zero-order valence-corrected chi connectivity index (χ0v) is 14.2. The van der Waals surface area contributed by atoms with Crippen LogP contribution in [0.5, 0.6) is 0 Å². The number of hydrogen-bond donors (Lipinski definition) is 0. The molecule has 9 heteroatoms. The first-order chi connectivity index (χ1) is 13.0. The maximum atomic E-state index is 12.6. The number of aromatic nitrogens is 3. The minimum atomic E-state index is -0.481. The minimum Gasteiger partial charge on any atom is -0.312 e. The zero-order valence-electron chi connectivity index (χ0n) is 14.2. The van der Waals surface area contributed by atoms with Gasteiger partial charge in [-0.3, -0.25) is 19.7 Å². The summed E-state index contributed by atoms with van der Waals surface area (Å²) in [6.45, 7) is 0.559. The number of nitro benzene ring substituents is 1. The molecule has 27 heavy (non-hydrogen) atoms. The van der Waals surface area contributed by atoms with Gasteiger partial charge in [-0.15, -0.1) is 5.10 Å². The lowest BCUT2D eigenvalue weighted by molar-refractivity contribution is -0.384. The Morgan fingerprint density at radius 2 is 2.04 bits per heavy atom. The van der Waals surface area contributed by atoms with Gasteiger partial charge in [-0.25, -0.2) is 4.68 Å². The van der Waals surface area contributed by atoms with E-state index >= 15 is 0 Å². The largest absolute Gasteiger partial charge is 0.312 e. The number of amides is 1. The van der Waals surface area contributed by atoms with Crippen LogP contribution in [-0.4, -0.2) is 32.4 Å². The molecule has 0 bridgehead atoms. The second kappa shape index (κ2) is 6.60. The highest BCUT2D eigenvalue weighted by molar-refractivity contribution is 5.95. The standard InChI is InChI=1S/C18H15N5O4/c24-17(21-9-7-12-5-6-13(23(26)27)11-16(12)21)8-10-22-18(25)14-3-1-2-4-15(14)19-20-22/h1-6,11H,7-10H2. The Kier molecular flexibility index (Phi) is 4.11. The summed E-state index contributed by atoms with van der Waals surface area (Å²) in [6, 6.07) is 11.4. The normalized spacial score (nSPS) is 13.0. The van der Waals surface area contributed by atoms with Crippen molar-refractivity contribution in [3.05, 3.63) is 68.5 Å². The van der Waals surface area contributed by atoms with Crippen LogP contribution in [0.4, 0.5) is 11.4 Å². The molecule has 0 N–H and O–H groups in total. The first kappa shape index (κ1) is 16.8. The van der Waals surface area contributed by atoms with Gasteiger partial charge >= 0.3 is 0 Å². The number of nitrogens with zero attached hydrogens (tertiary/aromatic N) is 5. The number of fused-ring (bicyclic) bond motifs is 2. The van der Waals surface area contributed by atoms with Gasteiger partial charge < -0.3 is 4.90 Å². The van der Waals surface area contributed by atoms with Crippen molar-refractivity contribution in [3.63, 3.8) is 0 Å². The quantitative estimate of drug-likeness (QED) is 0.514. The van der Waals surface area contributed by atoms with Crippen molar-refractivity contribution < 1.29 is 9.72 Å². The van der Waals surface area contributed by atoms with E-state index in [0.717, 1.165) is 5.56 Å². The van der Waals surface area contributed by atoms with E-state index in [4.69, 9.17) is 0 Å². The van der Waals surface area contributed by atoms with Crippen LogP contribution in [0.2, 0.25) is 0 Å². The molecule has 1 amide bonds. The highest BCUT2D eigenvalue weighted by atomic mass is 16.6. The fourth-order valence-electron chi connectivity index (χ4n) is 3.25. The number of hydrogen-bond acceptors (Lipinski definition) is 6. The summed E-state index contributed by atoms with van der Waals surface area (Å²) < 4.78 is 1.17. The van der Waals surface area contributed by atoms with Gasteiger partial charge in [-0.05, 0) is 24.1 Å². The fraction of sp³-hybridized carbons (Fsp3) is 0.222. The summed E-state index contributed by atoms with van der Waals surface area (Å²) in [5, 5.41) is 19.3. The van der Waals surface area contributed by atoms with Crippen molar-refractivity contribution in [3.8, 4) is 0 Å². The smallest absolute Gasteiger partial charge is 0.277 e. The van der Waals surface area contributed by atoms with Crippen molar-refractivity contribution in [1.29, 1.82) is 0 Å². The number of carbonyl (C=O) groups is 1. The molecule has 0 aliphatic carbocycles. The molecule has 2 heterocycles. The molecule has 0 unspecified atom stereocenters. The highest BCUT2D eigenvalue weighted by Gasteiger charge is 2.26. The van der Waals surface area contributed by atoms with E-state index in [-0.39, 0.29) is 30.1 Å². The van der Waals surface area contributed by atoms with Crippen molar-refractivity contribution >= 4 is 28.2 Å². The Balaban J connectivity index is 1.53. The van der Waals surface area contributed by atoms with Crippen molar-refractivity contribution in [2.45, 2.75) is 19.4 Å². The van der Waals surface area contributed by atoms with Crippen LogP contribution in [-0.2, 0) is 17.8 Å². The molecule has 3 aromatic rings. The van der Waals surface area contributed by atoms with Gasteiger partial charge in [-0.2, -0.15) is 0 Å². The summed E-state index contributed by atoms with van der Waals surface area (Å²) >= 11 is 0. The zero-order chi connectivity index (χ0) is 19.0. The van der Waals surface area contributed by atoms with Crippen molar-refractivity contribution in [2.75, 3.05) is 11.4 Å². The topological polar surface area (TPSA) is 111 Å². The molecule has 4 rings (SSSR count). The van der Waals surface area contributed by atoms with Crippen LogP contribution in [0, 0.1) is 10.1 Å². The van der Waals surface area contributed by atoms with Gasteiger partial charge in [0.25, 0.3) is 11.2 Å². The lowest BCUT2D eigenvalue weighted by Crippen LogP contribution is -2.32. The molecule has 1 aromatic heterocycles. The van der Waals surface area contributed by atoms with E-state index in [1.165, 1.54) is 21.7 Å². The minimum absolute atomic E-state index is 0.0507. The van der Waals surface area contributed by atoms with Crippen molar-refractivity contribution in [2.24, 2.45) is 0 Å². The molecule has 1 aliphatic rings. The van der Waals surface area contributed by atoms with Crippen molar-refractivity contribution in [1.82, 2.24) is 15.0 Å². The number of nitro groups is 1. The van der Waals surface area contributed by atoms with E-state index < -0.39 is 4.92 Å². The maximum absolute atomic E-state index is 12.6. The summed E-state index contributed by atoms with van der Waals surface area (Å²) in [5.74, 6) is -0.212. The van der Waals surface area contributed by atoms with Gasteiger partial charge in [0.2, 0.25) is 5.91 Å². The third-order valence-corrected chi connectivity index (χ3v) is 4.64. The van der Waals surface area contributed by atoms with Gasteiger partial charge in [0.05, 0.1) is 22.5 Å². The van der Waals surface area contributed by atoms with Gasteiger partial charge in [0, 0.05) is 25.1 Å². The molecule has 9 nitrogen and oxygen atoms in total. The van der Waals surface area contributed by atoms with E-state index in [2.05, 4.69) is 10.3 Å². The molecular weight excluding hydrogens is 350 g/mol. The fourth-order valence-corrected chi connectivity index (χ4v) is 3.25. The third kappa shape index (κ3) is 3.03. The lowest BCUT2D eigenvalue weighted by atomic mass is 10.1. The number of aryl methyl sites for hydroxylation is 1. The van der Waals surface area contributed by atoms with Gasteiger partial charge in [0.1, 0.15) is 5.52 Å². The number of non-ortho nitro benzene ring substituents is 1. The summed E-state index contributed by atoms with van der Waals surface area (Å²) in [4.78, 5) is 37.1. The predicted octanol–water partition coefficient (Wildman–Crippen LogP) is 1.68. The molecule has 0 atom stereocenters. The predicted molar refractivity (Wildman–Crippen MR) is 97.6 cm³/mol. The number of carbonyl (C=O) groups excluding carboxylic acids is 1. The van der Waals surface area contributed by atoms with Crippen LogP contribution >= 0.6 is 0 Å². The Bertz CT molecular complexity index is 1120. The van der Waals surface area contributed by atoms with E-state index in [9.17, 15) is 19.7 Å². The summed E-state index contributed by atoms with van der Waals surface area (Å²) in [6.07, 6.45) is 0.698. The van der Waals surface area contributed by atoms with Gasteiger partial charge in [-0.1, -0.05) is 23.4 Å². The number of rotatable bonds is 4. The molecule has 0 radical (unpaired) electrons. The molecular formula is C18H15N5O4. The molecule has 0 saturated heterocycles. The molecule has 1 aliphatic heterocycles. The molecule has 2 aromatic carbocycles. The lowest BCUT2D eigenvalue weighted by Gasteiger charge is -2.17. The van der Waals surface area contributed by atoms with E-state index in [0.29, 0.717) is 29.6 Å². The Labute approximate surface area is 153 Å². The highest BCUT2D eigenvalue weighted by Crippen LogP contribution is 2.32. The molecule has 0 spiro atoms. The first-order valence-corrected chi connectivity index (χ1v) is 8.45. The SMILES string of the molecule is O=C(CCn1nnc2ccccc2c1=O)N1CCc2ccc([N+](=O)[O-])cc21. The second-order valence-electron chi connectivity index (χ2n) is 6.25. The molecule has 136 valence electrons. The van der Waals surface area contributed by atoms with Crippen LogP contribution in [0.15, 0.2) is 47.3 Å². The number of benzene rings is 2. The summed E-state index contributed by atoms with van der Waals surface area (Å²) in [7, 11) is 0. The Morgan fingerprint density at radius 1 is 1.22 bits per heavy atom. The summed E-state index contributed by atoms with van der Waals surface area (Å²) in [5.41, 5.74) is 1.62. The maximum Gasteiger partial charge on any atom is 0.277 e. The van der Waals surface area contributed by atoms with Crippen LogP contribution in [0.25, 0.3) is 10.9 Å². The van der Waals surface area contributed by atoms with Crippen LogP contribution in [0.1, 0.15) is 12.0 Å². The van der Waals surface area contributed by atoms with E-state index in [1.54, 1.807) is 30.3 Å².